The van der Waals surface area contributed by atoms with Crippen molar-refractivity contribution >= 4 is 11.9 Å². The molecule has 5 heteroatoms. The first-order valence-electron chi connectivity index (χ1n) is 5.63. The van der Waals surface area contributed by atoms with Crippen molar-refractivity contribution in [2.24, 2.45) is 5.92 Å². The number of rotatable bonds is 9. The topological polar surface area (TPSA) is 77.8 Å². The molecule has 0 rings (SSSR count). The molecule has 0 heterocycles. The Labute approximate surface area is 96.1 Å². The molecule has 0 aromatic rings. The molecule has 0 radical (unpaired) electrons. The summed E-state index contributed by atoms with van der Waals surface area (Å²) in [6.07, 6.45) is 2.78. The van der Waals surface area contributed by atoms with E-state index in [0.29, 0.717) is 6.42 Å². The van der Waals surface area contributed by atoms with Crippen LogP contribution in [0, 0.1) is 5.92 Å². The highest BCUT2D eigenvalue weighted by Gasteiger charge is 2.24. The fourth-order valence-electron chi connectivity index (χ4n) is 1.58. The van der Waals surface area contributed by atoms with E-state index in [2.05, 4.69) is 11.8 Å². The van der Waals surface area contributed by atoms with Gasteiger partial charge in [0, 0.05) is 0 Å². The number of nitrogens with zero attached hydrogens (tertiary/aromatic N) is 1. The number of carboxylic acids is 2. The first kappa shape index (κ1) is 14.9. The normalized spacial score (nSPS) is 11.0. The molecule has 0 atom stereocenters. The largest absolute Gasteiger partial charge is 0.481 e. The highest BCUT2D eigenvalue weighted by molar-refractivity contribution is 5.92. The summed E-state index contributed by atoms with van der Waals surface area (Å²) in [6, 6.07) is 0. The number of aliphatic carboxylic acids is 2. The van der Waals surface area contributed by atoms with Gasteiger partial charge in [0.2, 0.25) is 0 Å². The molecule has 5 nitrogen and oxygen atoms in total. The van der Waals surface area contributed by atoms with Crippen molar-refractivity contribution in [3.05, 3.63) is 0 Å². The monoisotopic (exact) mass is 231 g/mol. The third-order valence-electron chi connectivity index (χ3n) is 2.48. The highest BCUT2D eigenvalue weighted by atomic mass is 16.4. The molecule has 0 unspecified atom stereocenters. The standard InChI is InChI=1S/C11H21NO4/c1-3-7-12(2)8-5-4-6-9(10(13)14)11(15)16/h9H,3-8H2,1-2H3,(H,13,14)(H,15,16). The first-order valence-corrected chi connectivity index (χ1v) is 5.63. The summed E-state index contributed by atoms with van der Waals surface area (Å²) in [6.45, 7) is 4.00. The lowest BCUT2D eigenvalue weighted by Gasteiger charge is -2.15. The average molecular weight is 231 g/mol. The summed E-state index contributed by atoms with van der Waals surface area (Å²) in [4.78, 5) is 23.3. The van der Waals surface area contributed by atoms with Gasteiger partial charge in [-0.25, -0.2) is 0 Å². The molecule has 0 aromatic heterocycles. The smallest absolute Gasteiger partial charge is 0.317 e. The fourth-order valence-corrected chi connectivity index (χ4v) is 1.58. The minimum atomic E-state index is -1.25. The van der Waals surface area contributed by atoms with Crippen molar-refractivity contribution in [3.63, 3.8) is 0 Å². The number of unbranched alkanes of at least 4 members (excludes halogenated alkanes) is 1. The van der Waals surface area contributed by atoms with E-state index in [9.17, 15) is 9.59 Å². The maximum atomic E-state index is 10.6. The van der Waals surface area contributed by atoms with Crippen LogP contribution in [0.15, 0.2) is 0 Å². The Morgan fingerprint density at radius 3 is 2.12 bits per heavy atom. The predicted octanol–water partition coefficient (Wildman–Crippen LogP) is 1.28. The van der Waals surface area contributed by atoms with Gasteiger partial charge in [-0.05, 0) is 39.4 Å². The Bertz CT molecular complexity index is 216. The van der Waals surface area contributed by atoms with Crippen LogP contribution < -0.4 is 0 Å². The number of hydrogen-bond acceptors (Lipinski definition) is 3. The van der Waals surface area contributed by atoms with Crippen LogP contribution in [0.3, 0.4) is 0 Å². The lowest BCUT2D eigenvalue weighted by molar-refractivity contribution is -0.154. The van der Waals surface area contributed by atoms with Crippen LogP contribution in [-0.2, 0) is 9.59 Å². The molecule has 0 aliphatic rings. The summed E-state index contributed by atoms with van der Waals surface area (Å²) < 4.78 is 0. The van der Waals surface area contributed by atoms with Crippen LogP contribution in [0.1, 0.15) is 32.6 Å². The van der Waals surface area contributed by atoms with Crippen LogP contribution in [0.25, 0.3) is 0 Å². The second kappa shape index (κ2) is 8.10. The molecule has 0 amide bonds. The van der Waals surface area contributed by atoms with Gasteiger partial charge in [0.15, 0.2) is 5.92 Å². The van der Waals surface area contributed by atoms with E-state index in [-0.39, 0.29) is 6.42 Å². The fraction of sp³-hybridized carbons (Fsp3) is 0.818. The van der Waals surface area contributed by atoms with Gasteiger partial charge in [-0.2, -0.15) is 0 Å². The molecular weight excluding hydrogens is 210 g/mol. The first-order chi connectivity index (χ1) is 7.49. The molecule has 2 N–H and O–H groups in total. The van der Waals surface area contributed by atoms with E-state index in [1.54, 1.807) is 0 Å². The van der Waals surface area contributed by atoms with Gasteiger partial charge in [0.1, 0.15) is 0 Å². The Hall–Kier alpha value is -1.10. The van der Waals surface area contributed by atoms with Gasteiger partial charge < -0.3 is 15.1 Å². The number of carbonyl (C=O) groups is 2. The molecule has 0 aliphatic carbocycles. The minimum Gasteiger partial charge on any atom is -0.481 e. The van der Waals surface area contributed by atoms with Crippen LogP contribution in [0.4, 0.5) is 0 Å². The lowest BCUT2D eigenvalue weighted by Crippen LogP contribution is -2.24. The van der Waals surface area contributed by atoms with Gasteiger partial charge in [0.25, 0.3) is 0 Å². The minimum absolute atomic E-state index is 0.213. The van der Waals surface area contributed by atoms with Crippen molar-refractivity contribution in [3.8, 4) is 0 Å². The van der Waals surface area contributed by atoms with Crippen LogP contribution in [-0.4, -0.2) is 47.2 Å². The van der Waals surface area contributed by atoms with Crippen molar-refractivity contribution < 1.29 is 19.8 Å². The number of carboxylic acid groups (broad SMARTS) is 2. The second-order valence-corrected chi connectivity index (χ2v) is 4.03. The zero-order chi connectivity index (χ0) is 12.6. The van der Waals surface area contributed by atoms with Gasteiger partial charge in [-0.1, -0.05) is 13.3 Å². The summed E-state index contributed by atoms with van der Waals surface area (Å²) in [5.41, 5.74) is 0. The molecule has 0 aliphatic heterocycles. The van der Waals surface area contributed by atoms with Crippen molar-refractivity contribution in [2.45, 2.75) is 32.6 Å². The SMILES string of the molecule is CCCN(C)CCCCC(C(=O)O)C(=O)O. The maximum absolute atomic E-state index is 10.6. The van der Waals surface area contributed by atoms with Crippen LogP contribution in [0.5, 0.6) is 0 Å². The zero-order valence-electron chi connectivity index (χ0n) is 9.98. The molecule has 16 heavy (non-hydrogen) atoms. The van der Waals surface area contributed by atoms with Gasteiger partial charge >= 0.3 is 11.9 Å². The van der Waals surface area contributed by atoms with E-state index in [1.807, 2.05) is 7.05 Å². The molecule has 0 bridgehead atoms. The van der Waals surface area contributed by atoms with Crippen LogP contribution >= 0.6 is 0 Å². The maximum Gasteiger partial charge on any atom is 0.317 e. The van der Waals surface area contributed by atoms with Gasteiger partial charge in [-0.15, -0.1) is 0 Å². The Morgan fingerprint density at radius 2 is 1.69 bits per heavy atom. The molecule has 0 fully saturated rings. The Balaban J connectivity index is 3.71. The van der Waals surface area contributed by atoms with Crippen LogP contribution in [0.2, 0.25) is 0 Å². The van der Waals surface area contributed by atoms with E-state index < -0.39 is 17.9 Å². The molecular formula is C11H21NO4. The predicted molar refractivity (Wildman–Crippen MR) is 60.4 cm³/mol. The highest BCUT2D eigenvalue weighted by Crippen LogP contribution is 2.09. The van der Waals surface area contributed by atoms with Crippen molar-refractivity contribution in [1.82, 2.24) is 4.90 Å². The molecule has 0 saturated heterocycles. The Morgan fingerprint density at radius 1 is 1.12 bits per heavy atom. The van der Waals surface area contributed by atoms with Crippen molar-refractivity contribution in [2.75, 3.05) is 20.1 Å². The molecule has 94 valence electrons. The summed E-state index contributed by atoms with van der Waals surface area (Å²) in [5.74, 6) is -3.74. The summed E-state index contributed by atoms with van der Waals surface area (Å²) in [5, 5.41) is 17.3. The van der Waals surface area contributed by atoms with E-state index >= 15 is 0 Å². The van der Waals surface area contributed by atoms with E-state index in [0.717, 1.165) is 25.9 Å². The van der Waals surface area contributed by atoms with E-state index in [4.69, 9.17) is 10.2 Å². The Kier molecular flexibility index (Phi) is 7.54. The summed E-state index contributed by atoms with van der Waals surface area (Å²) >= 11 is 0. The van der Waals surface area contributed by atoms with E-state index in [1.165, 1.54) is 0 Å². The average Bonchev–Trinajstić information content (AvgIpc) is 2.16. The quantitative estimate of drug-likeness (QED) is 0.462. The van der Waals surface area contributed by atoms with Gasteiger partial charge in [-0.3, -0.25) is 9.59 Å². The third kappa shape index (κ3) is 6.40. The second-order valence-electron chi connectivity index (χ2n) is 4.03. The molecule has 0 saturated carbocycles. The molecule has 0 spiro atoms. The summed E-state index contributed by atoms with van der Waals surface area (Å²) in [7, 11) is 2.01. The third-order valence-corrected chi connectivity index (χ3v) is 2.48. The lowest BCUT2D eigenvalue weighted by atomic mass is 10.0. The van der Waals surface area contributed by atoms with Gasteiger partial charge in [0.05, 0.1) is 0 Å². The van der Waals surface area contributed by atoms with Crippen molar-refractivity contribution in [1.29, 1.82) is 0 Å². The zero-order valence-corrected chi connectivity index (χ0v) is 9.98. The molecule has 0 aromatic carbocycles. The number of hydrogen-bond donors (Lipinski definition) is 2.